The molecule has 0 bridgehead atoms. The number of hydrazone groups is 2. The lowest BCUT2D eigenvalue weighted by atomic mass is 9.78. The number of hydrogen-bond acceptors (Lipinski definition) is 15. The van der Waals surface area contributed by atoms with Crippen LogP contribution in [0.25, 0.3) is 0 Å². The van der Waals surface area contributed by atoms with Gasteiger partial charge in [-0.3, -0.25) is 60.9 Å². The zero-order valence-corrected chi connectivity index (χ0v) is 31.8. The molecule has 2 amide bonds. The first-order valence-electron chi connectivity index (χ1n) is 17.1. The van der Waals surface area contributed by atoms with Crippen LogP contribution in [0.15, 0.2) is 46.6 Å². The lowest BCUT2D eigenvalue weighted by Crippen LogP contribution is -2.64. The predicted octanol–water partition coefficient (Wildman–Crippen LogP) is 5.93. The summed E-state index contributed by atoms with van der Waals surface area (Å²) in [6.07, 6.45) is 1.17. The molecule has 2 aromatic rings. The van der Waals surface area contributed by atoms with Crippen molar-refractivity contribution in [2.24, 2.45) is 10.2 Å². The number of anilines is 2. The molecule has 296 valence electrons. The molecule has 0 aromatic heterocycles. The fraction of sp³-hybridized carbons (Fsp3) is 0.529. The van der Waals surface area contributed by atoms with Gasteiger partial charge in [0.15, 0.2) is 0 Å². The molecule has 0 unspecified atom stereocenters. The fourth-order valence-electron chi connectivity index (χ4n) is 7.98. The van der Waals surface area contributed by atoms with E-state index in [1.165, 1.54) is 12.1 Å². The summed E-state index contributed by atoms with van der Waals surface area (Å²) in [4.78, 5) is 73.1. The number of non-ortho nitro benzene ring substituents is 2. The first-order valence-corrected chi connectivity index (χ1v) is 17.1. The number of ether oxygens (including phenoxy) is 1. The Balaban J connectivity index is 1.40. The number of carbonyl (C=O) groups is 2. The van der Waals surface area contributed by atoms with Gasteiger partial charge in [0, 0.05) is 71.4 Å². The van der Waals surface area contributed by atoms with Gasteiger partial charge >= 0.3 is 11.4 Å². The van der Waals surface area contributed by atoms with Crippen molar-refractivity contribution >= 4 is 57.4 Å². The molecule has 0 radical (unpaired) electrons. The van der Waals surface area contributed by atoms with Gasteiger partial charge in [0.25, 0.3) is 11.4 Å². The molecule has 0 saturated carbocycles. The summed E-state index contributed by atoms with van der Waals surface area (Å²) in [7, 11) is 0. The molecule has 2 aromatic carbocycles. The number of carbonyl (C=O) groups excluding carboxylic acids is 2. The van der Waals surface area contributed by atoms with Gasteiger partial charge in [0.2, 0.25) is 11.8 Å². The second-order valence-corrected chi connectivity index (χ2v) is 15.9. The fourth-order valence-corrected chi connectivity index (χ4v) is 7.98. The molecule has 2 N–H and O–H groups in total. The van der Waals surface area contributed by atoms with E-state index in [1.807, 2.05) is 55.4 Å². The highest BCUT2D eigenvalue weighted by Gasteiger charge is 2.48. The van der Waals surface area contributed by atoms with Crippen LogP contribution in [-0.2, 0) is 14.3 Å². The average Bonchev–Trinajstić information content (AvgIpc) is 3.03. The van der Waals surface area contributed by atoms with Crippen LogP contribution in [0.3, 0.4) is 0 Å². The SMILES string of the molecule is CC1(C)CC(=NNc2ccc([N+](=O)[O-])cc2[N+](=O)[O-])CC(C)(C)N1C(=O)COCC(=O)N1C(C)(C)CC(=NNc2ccc([N+](=O)[O-])cc2[N+](=O)[O-])CC1(C)C. The number of nitrogens with one attached hydrogen (secondary N) is 2. The lowest BCUT2D eigenvalue weighted by Gasteiger charge is -2.53. The molecule has 0 spiro atoms. The number of nitro groups is 4. The Morgan fingerprint density at radius 2 is 0.909 bits per heavy atom. The molecule has 2 heterocycles. The van der Waals surface area contributed by atoms with E-state index >= 15 is 0 Å². The van der Waals surface area contributed by atoms with E-state index in [0.29, 0.717) is 37.1 Å². The van der Waals surface area contributed by atoms with Crippen LogP contribution >= 0.6 is 0 Å². The van der Waals surface area contributed by atoms with Crippen LogP contribution < -0.4 is 10.9 Å². The van der Waals surface area contributed by atoms with Gasteiger partial charge in [-0.1, -0.05) is 0 Å². The van der Waals surface area contributed by atoms with Gasteiger partial charge in [-0.15, -0.1) is 0 Å². The Morgan fingerprint density at radius 3 is 1.18 bits per heavy atom. The van der Waals surface area contributed by atoms with Crippen LogP contribution in [0.5, 0.6) is 0 Å². The van der Waals surface area contributed by atoms with Gasteiger partial charge in [-0.25, -0.2) is 0 Å². The molecule has 2 aliphatic rings. The van der Waals surface area contributed by atoms with E-state index < -0.39 is 77.8 Å². The maximum atomic E-state index is 13.7. The van der Waals surface area contributed by atoms with Crippen molar-refractivity contribution in [3.8, 4) is 0 Å². The summed E-state index contributed by atoms with van der Waals surface area (Å²) in [6.45, 7) is 13.9. The summed E-state index contributed by atoms with van der Waals surface area (Å²) >= 11 is 0. The van der Waals surface area contributed by atoms with E-state index in [-0.39, 0.29) is 23.2 Å². The molecular weight excluding hydrogens is 724 g/mol. The second-order valence-electron chi connectivity index (χ2n) is 15.9. The molecule has 21 nitrogen and oxygen atoms in total. The van der Waals surface area contributed by atoms with Crippen LogP contribution in [0.4, 0.5) is 34.1 Å². The van der Waals surface area contributed by atoms with E-state index in [1.54, 1.807) is 9.80 Å². The Bertz CT molecular complexity index is 1810. The number of benzene rings is 2. The quantitative estimate of drug-likeness (QED) is 0.187. The first kappa shape index (κ1) is 41.6. The normalized spacial score (nSPS) is 18.2. The Hall–Kier alpha value is -6.12. The topological polar surface area (TPSA) is 271 Å². The third kappa shape index (κ3) is 9.34. The van der Waals surface area contributed by atoms with Gasteiger partial charge in [0.05, 0.1) is 31.8 Å². The number of likely N-dealkylation sites (tertiary alicyclic amines) is 2. The number of nitro benzene ring substituents is 4. The van der Waals surface area contributed by atoms with Crippen molar-refractivity contribution in [2.75, 3.05) is 24.1 Å². The zero-order chi connectivity index (χ0) is 41.3. The van der Waals surface area contributed by atoms with Crippen LogP contribution in [-0.4, -0.2) is 88.1 Å². The van der Waals surface area contributed by atoms with Gasteiger partial charge in [-0.05, 0) is 67.5 Å². The smallest absolute Gasteiger partial charge is 0.301 e. The first-order chi connectivity index (χ1) is 25.4. The van der Waals surface area contributed by atoms with Gasteiger partial charge < -0.3 is 14.5 Å². The Labute approximate surface area is 315 Å². The highest BCUT2D eigenvalue weighted by molar-refractivity contribution is 5.92. The number of amides is 2. The molecule has 2 aliphatic heterocycles. The summed E-state index contributed by atoms with van der Waals surface area (Å²) in [5, 5.41) is 54.1. The third-order valence-corrected chi connectivity index (χ3v) is 9.36. The van der Waals surface area contributed by atoms with Crippen molar-refractivity contribution in [1.29, 1.82) is 0 Å². The Morgan fingerprint density at radius 1 is 0.600 bits per heavy atom. The minimum atomic E-state index is -0.788. The van der Waals surface area contributed by atoms with E-state index in [0.717, 1.165) is 24.3 Å². The average molecular weight is 769 g/mol. The highest BCUT2D eigenvalue weighted by atomic mass is 16.6. The largest absolute Gasteiger partial charge is 0.362 e. The molecule has 2 fully saturated rings. The molecule has 0 aliphatic carbocycles. The number of piperidine rings is 2. The lowest BCUT2D eigenvalue weighted by molar-refractivity contribution is -0.393. The summed E-state index contributed by atoms with van der Waals surface area (Å²) in [5.74, 6) is -0.724. The standard InChI is InChI=1S/C34H44N10O11/c1-31(2)15-21(35-37-25-11-9-23(41(47)48)13-27(25)43(51)52)16-32(3,4)39(31)29(45)19-55-20-30(46)40-33(5,6)17-22(18-34(40,7)8)36-38-26-12-10-24(42(49)50)14-28(26)44(53)54/h9-14,37-38H,15-20H2,1-8H3. The van der Waals surface area contributed by atoms with E-state index in [2.05, 4.69) is 21.1 Å². The monoisotopic (exact) mass is 768 g/mol. The van der Waals surface area contributed by atoms with Crippen LogP contribution in [0.1, 0.15) is 81.1 Å². The van der Waals surface area contributed by atoms with Gasteiger partial charge in [0.1, 0.15) is 24.6 Å². The maximum absolute atomic E-state index is 13.7. The maximum Gasteiger partial charge on any atom is 0.301 e. The summed E-state index contributed by atoms with van der Waals surface area (Å²) in [5.41, 5.74) is 1.48. The zero-order valence-electron chi connectivity index (χ0n) is 31.8. The van der Waals surface area contributed by atoms with Crippen molar-refractivity contribution < 1.29 is 34.0 Å². The molecule has 55 heavy (non-hydrogen) atoms. The molecule has 0 atom stereocenters. The molecule has 21 heteroatoms. The predicted molar refractivity (Wildman–Crippen MR) is 201 cm³/mol. The number of hydrogen-bond donors (Lipinski definition) is 2. The van der Waals surface area contributed by atoms with Crippen LogP contribution in [0, 0.1) is 40.5 Å². The molecule has 4 rings (SSSR count). The van der Waals surface area contributed by atoms with E-state index in [9.17, 15) is 50.0 Å². The van der Waals surface area contributed by atoms with Crippen LogP contribution in [0.2, 0.25) is 0 Å². The number of nitrogens with zero attached hydrogens (tertiary/aromatic N) is 8. The van der Waals surface area contributed by atoms with Crippen molar-refractivity contribution in [2.45, 2.75) is 103 Å². The summed E-state index contributed by atoms with van der Waals surface area (Å²) < 4.78 is 5.73. The third-order valence-electron chi connectivity index (χ3n) is 9.36. The number of rotatable bonds is 12. The minimum Gasteiger partial charge on any atom is -0.362 e. The van der Waals surface area contributed by atoms with E-state index in [4.69, 9.17) is 4.74 Å². The van der Waals surface area contributed by atoms with Crippen molar-refractivity contribution in [1.82, 2.24) is 9.80 Å². The molecule has 2 saturated heterocycles. The van der Waals surface area contributed by atoms with Gasteiger partial charge in [-0.2, -0.15) is 10.2 Å². The highest BCUT2D eigenvalue weighted by Crippen LogP contribution is 2.40. The van der Waals surface area contributed by atoms with Crippen molar-refractivity contribution in [3.63, 3.8) is 0 Å². The Kier molecular flexibility index (Phi) is 11.6. The molecular formula is C34H44N10O11. The second kappa shape index (κ2) is 15.3. The van der Waals surface area contributed by atoms with Crippen molar-refractivity contribution in [3.05, 3.63) is 76.9 Å². The minimum absolute atomic E-state index is 0.0240. The summed E-state index contributed by atoms with van der Waals surface area (Å²) in [6, 6.07) is 6.39.